The standard InChI is InChI=1S/C18H23N3O5/c1-11(22)21-9-13(23)7-14(21)18(25)19-8-15-17(20-16(24)10-26-15)12-5-3-2-4-6-12/h2-6,13-15,17,23H,7-10H2,1H3,(H,19,25)(H,20,24)/t13-,14+,15+,17-/m1/s1. The van der Waals surface area contributed by atoms with Crippen LogP contribution in [-0.4, -0.2) is 65.7 Å². The zero-order chi connectivity index (χ0) is 18.7. The summed E-state index contributed by atoms with van der Waals surface area (Å²) in [5.41, 5.74) is 0.890. The fourth-order valence-electron chi connectivity index (χ4n) is 3.45. The second kappa shape index (κ2) is 7.84. The molecule has 4 atom stereocenters. The summed E-state index contributed by atoms with van der Waals surface area (Å²) in [5.74, 6) is -0.780. The Hall–Kier alpha value is -2.45. The van der Waals surface area contributed by atoms with Crippen LogP contribution in [0.25, 0.3) is 0 Å². The van der Waals surface area contributed by atoms with Crippen molar-refractivity contribution in [2.24, 2.45) is 0 Å². The number of hydrogen-bond acceptors (Lipinski definition) is 5. The molecule has 140 valence electrons. The second-order valence-corrected chi connectivity index (χ2v) is 6.63. The summed E-state index contributed by atoms with van der Waals surface area (Å²) in [4.78, 5) is 37.2. The van der Waals surface area contributed by atoms with Crippen molar-refractivity contribution in [1.29, 1.82) is 0 Å². The highest BCUT2D eigenvalue weighted by atomic mass is 16.5. The molecule has 2 fully saturated rings. The third kappa shape index (κ3) is 4.03. The number of aliphatic hydroxyl groups is 1. The van der Waals surface area contributed by atoms with Gasteiger partial charge in [0.1, 0.15) is 12.6 Å². The summed E-state index contributed by atoms with van der Waals surface area (Å²) in [6, 6.07) is 8.35. The molecule has 3 rings (SSSR count). The molecule has 1 aromatic rings. The number of amides is 3. The van der Waals surface area contributed by atoms with E-state index in [0.717, 1.165) is 5.56 Å². The summed E-state index contributed by atoms with van der Waals surface area (Å²) in [6.45, 7) is 1.67. The lowest BCUT2D eigenvalue weighted by Crippen LogP contribution is -2.52. The van der Waals surface area contributed by atoms with E-state index in [1.165, 1.54) is 11.8 Å². The molecule has 3 amide bonds. The van der Waals surface area contributed by atoms with Crippen LogP contribution in [0.4, 0.5) is 0 Å². The number of ether oxygens (including phenoxy) is 1. The molecular weight excluding hydrogens is 338 g/mol. The molecular formula is C18H23N3O5. The molecule has 0 aromatic heterocycles. The van der Waals surface area contributed by atoms with Crippen molar-refractivity contribution in [1.82, 2.24) is 15.5 Å². The zero-order valence-electron chi connectivity index (χ0n) is 14.6. The van der Waals surface area contributed by atoms with Crippen LogP contribution >= 0.6 is 0 Å². The Kier molecular flexibility index (Phi) is 5.53. The van der Waals surface area contributed by atoms with Crippen LogP contribution in [0.1, 0.15) is 24.9 Å². The Bertz CT molecular complexity index is 681. The van der Waals surface area contributed by atoms with Gasteiger partial charge in [0, 0.05) is 26.4 Å². The van der Waals surface area contributed by atoms with E-state index in [1.54, 1.807) is 0 Å². The number of benzene rings is 1. The first-order valence-electron chi connectivity index (χ1n) is 8.64. The van der Waals surface area contributed by atoms with Crippen molar-refractivity contribution in [2.45, 2.75) is 37.6 Å². The predicted octanol–water partition coefficient (Wildman–Crippen LogP) is -0.659. The van der Waals surface area contributed by atoms with Gasteiger partial charge in [-0.3, -0.25) is 14.4 Å². The van der Waals surface area contributed by atoms with Crippen molar-refractivity contribution in [3.05, 3.63) is 35.9 Å². The van der Waals surface area contributed by atoms with Crippen molar-refractivity contribution in [3.63, 3.8) is 0 Å². The lowest BCUT2D eigenvalue weighted by molar-refractivity contribution is -0.139. The Morgan fingerprint density at radius 2 is 2.08 bits per heavy atom. The fraction of sp³-hybridized carbons (Fsp3) is 0.500. The van der Waals surface area contributed by atoms with E-state index in [1.807, 2.05) is 30.3 Å². The number of carbonyl (C=O) groups excluding carboxylic acids is 3. The van der Waals surface area contributed by atoms with Gasteiger partial charge in [0.2, 0.25) is 17.7 Å². The van der Waals surface area contributed by atoms with Gasteiger partial charge < -0.3 is 25.4 Å². The summed E-state index contributed by atoms with van der Waals surface area (Å²) < 4.78 is 5.61. The summed E-state index contributed by atoms with van der Waals surface area (Å²) in [7, 11) is 0. The Morgan fingerprint density at radius 3 is 2.77 bits per heavy atom. The van der Waals surface area contributed by atoms with Gasteiger partial charge in [0.25, 0.3) is 0 Å². The zero-order valence-corrected chi connectivity index (χ0v) is 14.6. The molecule has 0 aliphatic carbocycles. The largest absolute Gasteiger partial charge is 0.391 e. The fourth-order valence-corrected chi connectivity index (χ4v) is 3.45. The molecule has 0 radical (unpaired) electrons. The first-order chi connectivity index (χ1) is 12.5. The maximum absolute atomic E-state index is 12.5. The van der Waals surface area contributed by atoms with E-state index in [2.05, 4.69) is 10.6 Å². The van der Waals surface area contributed by atoms with E-state index in [0.29, 0.717) is 0 Å². The molecule has 0 bridgehead atoms. The highest BCUT2D eigenvalue weighted by molar-refractivity contribution is 5.87. The minimum absolute atomic E-state index is 0.0639. The van der Waals surface area contributed by atoms with Crippen molar-refractivity contribution < 1.29 is 24.2 Å². The van der Waals surface area contributed by atoms with E-state index < -0.39 is 18.2 Å². The molecule has 26 heavy (non-hydrogen) atoms. The smallest absolute Gasteiger partial charge is 0.246 e. The summed E-state index contributed by atoms with van der Waals surface area (Å²) in [6.07, 6.45) is -0.899. The van der Waals surface area contributed by atoms with E-state index >= 15 is 0 Å². The van der Waals surface area contributed by atoms with Crippen LogP contribution < -0.4 is 10.6 Å². The van der Waals surface area contributed by atoms with Gasteiger partial charge in [-0.2, -0.15) is 0 Å². The van der Waals surface area contributed by atoms with Gasteiger partial charge in [0.15, 0.2) is 0 Å². The van der Waals surface area contributed by atoms with Crippen molar-refractivity contribution >= 4 is 17.7 Å². The van der Waals surface area contributed by atoms with Crippen LogP contribution in [0.5, 0.6) is 0 Å². The molecule has 2 heterocycles. The van der Waals surface area contributed by atoms with Gasteiger partial charge in [-0.25, -0.2) is 0 Å². The molecule has 2 saturated heterocycles. The minimum Gasteiger partial charge on any atom is -0.391 e. The maximum Gasteiger partial charge on any atom is 0.246 e. The molecule has 0 spiro atoms. The Labute approximate surface area is 151 Å². The first kappa shape index (κ1) is 18.3. The lowest BCUT2D eigenvalue weighted by Gasteiger charge is -2.33. The number of nitrogens with one attached hydrogen (secondary N) is 2. The number of nitrogens with zero attached hydrogens (tertiary/aromatic N) is 1. The number of rotatable bonds is 4. The quantitative estimate of drug-likeness (QED) is 0.660. The molecule has 1 aromatic carbocycles. The van der Waals surface area contributed by atoms with Crippen molar-refractivity contribution in [2.75, 3.05) is 19.7 Å². The third-order valence-electron chi connectivity index (χ3n) is 4.74. The molecule has 0 unspecified atom stereocenters. The van der Waals surface area contributed by atoms with Crippen molar-refractivity contribution in [3.8, 4) is 0 Å². The molecule has 0 saturated carbocycles. The SMILES string of the molecule is CC(=O)N1C[C@H](O)C[C@H]1C(=O)NC[C@@H]1OCC(=O)N[C@@H]1c1ccccc1. The van der Waals surface area contributed by atoms with E-state index in [4.69, 9.17) is 4.74 Å². The van der Waals surface area contributed by atoms with Crippen LogP contribution in [0.3, 0.4) is 0 Å². The van der Waals surface area contributed by atoms with E-state index in [-0.39, 0.29) is 49.9 Å². The molecule has 3 N–H and O–H groups in total. The van der Waals surface area contributed by atoms with E-state index in [9.17, 15) is 19.5 Å². The monoisotopic (exact) mass is 361 g/mol. The van der Waals surface area contributed by atoms with Crippen LogP contribution in [-0.2, 0) is 19.1 Å². The summed E-state index contributed by atoms with van der Waals surface area (Å²) in [5, 5.41) is 15.4. The second-order valence-electron chi connectivity index (χ2n) is 6.63. The van der Waals surface area contributed by atoms with Crippen LogP contribution in [0.2, 0.25) is 0 Å². The number of morpholine rings is 1. The molecule has 8 nitrogen and oxygen atoms in total. The predicted molar refractivity (Wildman–Crippen MR) is 91.9 cm³/mol. The van der Waals surface area contributed by atoms with Crippen LogP contribution in [0.15, 0.2) is 30.3 Å². The van der Waals surface area contributed by atoms with Gasteiger partial charge in [-0.1, -0.05) is 30.3 Å². The van der Waals surface area contributed by atoms with Gasteiger partial charge in [0.05, 0.1) is 18.2 Å². The molecule has 2 aliphatic heterocycles. The van der Waals surface area contributed by atoms with Crippen LogP contribution in [0, 0.1) is 0 Å². The topological polar surface area (TPSA) is 108 Å². The highest BCUT2D eigenvalue weighted by Crippen LogP contribution is 2.22. The number of aliphatic hydroxyl groups excluding tert-OH is 1. The first-order valence-corrected chi connectivity index (χ1v) is 8.64. The number of β-amino-alcohol motifs (C(OH)–C–C–N with tert-alkyl or cyclic N) is 1. The number of carbonyl (C=O) groups is 3. The highest BCUT2D eigenvalue weighted by Gasteiger charge is 2.38. The van der Waals surface area contributed by atoms with Gasteiger partial charge in [-0.05, 0) is 5.56 Å². The Morgan fingerprint density at radius 1 is 1.35 bits per heavy atom. The molecule has 2 aliphatic rings. The van der Waals surface area contributed by atoms with Gasteiger partial charge >= 0.3 is 0 Å². The Balaban J connectivity index is 1.64. The average molecular weight is 361 g/mol. The molecule has 8 heteroatoms. The summed E-state index contributed by atoms with van der Waals surface area (Å²) >= 11 is 0. The number of likely N-dealkylation sites (tertiary alicyclic amines) is 1. The lowest BCUT2D eigenvalue weighted by atomic mass is 9.99. The average Bonchev–Trinajstić information content (AvgIpc) is 3.03. The maximum atomic E-state index is 12.5. The number of hydrogen-bond donors (Lipinski definition) is 3. The van der Waals surface area contributed by atoms with Gasteiger partial charge in [-0.15, -0.1) is 0 Å². The third-order valence-corrected chi connectivity index (χ3v) is 4.74. The normalized spacial score (nSPS) is 28.5. The minimum atomic E-state index is -0.697.